The second kappa shape index (κ2) is 10.7. The number of ether oxygens (including phenoxy) is 3. The number of hydrogen-bond acceptors (Lipinski definition) is 8. The summed E-state index contributed by atoms with van der Waals surface area (Å²) in [5, 5.41) is -6.08. The molecule has 0 aliphatic carbocycles. The van der Waals surface area contributed by atoms with Gasteiger partial charge in [-0.15, -0.1) is 0 Å². The minimum absolute atomic E-state index is 0.197. The van der Waals surface area contributed by atoms with Crippen molar-refractivity contribution >= 4 is 22.1 Å². The largest absolute Gasteiger partial charge is 0.743 e. The molecule has 0 aromatic heterocycles. The first kappa shape index (κ1) is 29.3. The van der Waals surface area contributed by atoms with Crippen LogP contribution in [0.5, 0.6) is 0 Å². The molecule has 0 radical (unpaired) electrons. The van der Waals surface area contributed by atoms with Crippen LogP contribution in [-0.2, 0) is 40.5 Å². The van der Waals surface area contributed by atoms with Crippen LogP contribution < -0.4 is 0 Å². The summed E-state index contributed by atoms with van der Waals surface area (Å²) in [5.74, 6) is -14.2. The van der Waals surface area contributed by atoms with Crippen molar-refractivity contribution in [1.29, 1.82) is 0 Å². The quantitative estimate of drug-likeness (QED) is 0.102. The third-order valence-electron chi connectivity index (χ3n) is 3.95. The molecule has 1 rings (SSSR count). The number of alkyl halides is 7. The van der Waals surface area contributed by atoms with Gasteiger partial charge in [0.25, 0.3) is 0 Å². The van der Waals surface area contributed by atoms with Crippen LogP contribution in [0.1, 0.15) is 18.4 Å². The predicted molar refractivity (Wildman–Crippen MR) is 96.1 cm³/mol. The molecule has 192 valence electrons. The van der Waals surface area contributed by atoms with Gasteiger partial charge in [0.1, 0.15) is 6.61 Å². The number of carbonyl (C=O) groups excluding carboxylic acids is 2. The third kappa shape index (κ3) is 6.66. The van der Waals surface area contributed by atoms with Crippen LogP contribution in [-0.4, -0.2) is 54.7 Å². The zero-order chi connectivity index (χ0) is 26.4. The highest BCUT2D eigenvalue weighted by molar-refractivity contribution is 7.86. The first-order valence-electron chi connectivity index (χ1n) is 8.89. The summed E-state index contributed by atoms with van der Waals surface area (Å²) in [6, 6.07) is 7.15. The molecule has 34 heavy (non-hydrogen) atoms. The minimum atomic E-state index is -6.82. The number of benzene rings is 1. The third-order valence-corrected chi connectivity index (χ3v) is 4.87. The summed E-state index contributed by atoms with van der Waals surface area (Å²) in [6.07, 6.45) is -9.23. The number of halogens is 7. The van der Waals surface area contributed by atoms with Gasteiger partial charge in [0.2, 0.25) is 0 Å². The molecule has 1 aromatic rings. The molecule has 0 saturated heterocycles. The lowest BCUT2D eigenvalue weighted by Gasteiger charge is -2.32. The smallest absolute Gasteiger partial charge is 0.468 e. The molecular formula is C18H16F7O8S-. The van der Waals surface area contributed by atoms with Crippen LogP contribution in [0.4, 0.5) is 30.7 Å². The van der Waals surface area contributed by atoms with E-state index >= 15 is 0 Å². The molecule has 1 atom stereocenters. The number of hydrogen-bond donors (Lipinski definition) is 0. The molecule has 0 heterocycles. The Bertz CT molecular complexity index is 980. The summed E-state index contributed by atoms with van der Waals surface area (Å²) >= 11 is 0. The summed E-state index contributed by atoms with van der Waals surface area (Å²) < 4.78 is 138. The summed E-state index contributed by atoms with van der Waals surface area (Å²) in [4.78, 5) is 23.7. The maximum Gasteiger partial charge on any atom is 0.468 e. The van der Waals surface area contributed by atoms with Gasteiger partial charge < -0.3 is 18.8 Å². The lowest BCUT2D eigenvalue weighted by Crippen LogP contribution is -2.58. The van der Waals surface area contributed by atoms with E-state index in [0.29, 0.717) is 0 Å². The molecule has 16 heteroatoms. The Labute approximate surface area is 188 Å². The topological polar surface area (TPSA) is 119 Å². The standard InChI is InChI=1S/C18H17F7O8S/c1-2-13(26)33-16(17(21,22)23,14(27)31-11-12-7-4-3-5-8-12)32-10-6-9-15(19,20)18(24,25)34(28,29)30/h2-5,7-8H,1,6,9-11H2,(H,28,29,30)/p-1. The molecule has 0 bridgehead atoms. The fourth-order valence-electron chi connectivity index (χ4n) is 2.23. The minimum Gasteiger partial charge on any atom is -0.743 e. The molecule has 1 aromatic carbocycles. The van der Waals surface area contributed by atoms with Crippen molar-refractivity contribution in [3.05, 3.63) is 48.6 Å². The summed E-state index contributed by atoms with van der Waals surface area (Å²) in [5.41, 5.74) is 0.197. The average Bonchev–Trinajstić information content (AvgIpc) is 2.72. The van der Waals surface area contributed by atoms with Crippen molar-refractivity contribution in [3.63, 3.8) is 0 Å². The van der Waals surface area contributed by atoms with Gasteiger partial charge in [-0.1, -0.05) is 36.9 Å². The van der Waals surface area contributed by atoms with Gasteiger partial charge in [0.05, 0.1) is 6.61 Å². The van der Waals surface area contributed by atoms with Crippen molar-refractivity contribution < 1.29 is 67.5 Å². The zero-order valence-electron chi connectivity index (χ0n) is 16.8. The highest BCUT2D eigenvalue weighted by Crippen LogP contribution is 2.42. The molecule has 0 aliphatic rings. The van der Waals surface area contributed by atoms with E-state index in [4.69, 9.17) is 0 Å². The van der Waals surface area contributed by atoms with E-state index in [1.54, 1.807) is 0 Å². The predicted octanol–water partition coefficient (Wildman–Crippen LogP) is 3.29. The van der Waals surface area contributed by atoms with Gasteiger partial charge in [-0.2, -0.15) is 30.7 Å². The number of carbonyl (C=O) groups is 2. The Morgan fingerprint density at radius 2 is 1.59 bits per heavy atom. The highest BCUT2D eigenvalue weighted by Gasteiger charge is 2.68. The van der Waals surface area contributed by atoms with Crippen molar-refractivity contribution in [2.45, 2.75) is 42.6 Å². The molecule has 0 amide bonds. The van der Waals surface area contributed by atoms with E-state index < -0.39 is 71.3 Å². The van der Waals surface area contributed by atoms with Crippen LogP contribution >= 0.6 is 0 Å². The summed E-state index contributed by atoms with van der Waals surface area (Å²) in [7, 11) is -6.82. The Kier molecular flexibility index (Phi) is 9.22. The van der Waals surface area contributed by atoms with Crippen molar-refractivity contribution in [2.75, 3.05) is 6.61 Å². The van der Waals surface area contributed by atoms with Crippen LogP contribution in [0.2, 0.25) is 0 Å². The number of esters is 2. The highest BCUT2D eigenvalue weighted by atomic mass is 32.2. The second-order valence-electron chi connectivity index (χ2n) is 6.43. The lowest BCUT2D eigenvalue weighted by molar-refractivity contribution is -0.355. The Hall–Kier alpha value is -2.72. The van der Waals surface area contributed by atoms with Crippen molar-refractivity contribution in [2.24, 2.45) is 0 Å². The number of rotatable bonds is 12. The van der Waals surface area contributed by atoms with Gasteiger partial charge in [0, 0.05) is 12.5 Å². The lowest BCUT2D eigenvalue weighted by atomic mass is 10.2. The second-order valence-corrected chi connectivity index (χ2v) is 7.85. The van der Waals surface area contributed by atoms with E-state index in [2.05, 4.69) is 20.8 Å². The molecule has 0 spiro atoms. The van der Waals surface area contributed by atoms with Crippen molar-refractivity contribution in [3.8, 4) is 0 Å². The fourth-order valence-corrected chi connectivity index (χ4v) is 2.69. The van der Waals surface area contributed by atoms with Crippen LogP contribution in [0, 0.1) is 0 Å². The van der Waals surface area contributed by atoms with Crippen LogP contribution in [0.3, 0.4) is 0 Å². The van der Waals surface area contributed by atoms with E-state index in [9.17, 15) is 53.3 Å². The molecule has 0 fully saturated rings. The SMILES string of the molecule is C=CC(=O)OC(OCCCC(F)(F)C(F)(F)S(=O)(=O)[O-])(C(=O)OCc1ccccc1)C(F)(F)F. The molecular weight excluding hydrogens is 509 g/mol. The maximum atomic E-state index is 13.7. The van der Waals surface area contributed by atoms with Crippen LogP contribution in [0.25, 0.3) is 0 Å². The van der Waals surface area contributed by atoms with Gasteiger partial charge in [-0.25, -0.2) is 18.0 Å². The van der Waals surface area contributed by atoms with Gasteiger partial charge >= 0.3 is 35.1 Å². The maximum absolute atomic E-state index is 13.7. The zero-order valence-corrected chi connectivity index (χ0v) is 17.6. The van der Waals surface area contributed by atoms with Gasteiger partial charge in [-0.3, -0.25) is 0 Å². The molecule has 0 N–H and O–H groups in total. The molecule has 1 unspecified atom stereocenters. The average molecular weight is 525 g/mol. The fraction of sp³-hybridized carbons (Fsp3) is 0.444. The van der Waals surface area contributed by atoms with Crippen molar-refractivity contribution in [1.82, 2.24) is 0 Å². The first-order chi connectivity index (χ1) is 15.4. The Morgan fingerprint density at radius 1 is 1.03 bits per heavy atom. The van der Waals surface area contributed by atoms with Gasteiger partial charge in [0.15, 0.2) is 10.1 Å². The normalized spacial score (nSPS) is 14.7. The molecule has 0 aliphatic heterocycles. The van der Waals surface area contributed by atoms with Gasteiger partial charge in [-0.05, 0) is 12.0 Å². The van der Waals surface area contributed by atoms with E-state index in [0.717, 1.165) is 0 Å². The molecule has 0 saturated carbocycles. The van der Waals surface area contributed by atoms with E-state index in [1.165, 1.54) is 30.3 Å². The first-order valence-corrected chi connectivity index (χ1v) is 10.3. The monoisotopic (exact) mass is 525 g/mol. The van der Waals surface area contributed by atoms with Crippen LogP contribution in [0.15, 0.2) is 43.0 Å². The Balaban J connectivity index is 3.10. The summed E-state index contributed by atoms with van der Waals surface area (Å²) in [6.45, 7) is 0.486. The Morgan fingerprint density at radius 3 is 2.06 bits per heavy atom. The van der Waals surface area contributed by atoms with E-state index in [-0.39, 0.29) is 11.6 Å². The van der Waals surface area contributed by atoms with E-state index in [1.807, 2.05) is 0 Å². The molecule has 8 nitrogen and oxygen atoms in total.